The maximum Gasteiger partial charge on any atom is 0.310 e. The molecule has 1 atom stereocenters. The normalized spacial score (nSPS) is 12.7. The fourth-order valence-corrected chi connectivity index (χ4v) is 2.57. The number of carbonyl (C=O) groups excluding carboxylic acids is 1. The average molecular weight is 341 g/mol. The van der Waals surface area contributed by atoms with E-state index in [9.17, 15) is 14.7 Å². The molecule has 1 amide bonds. The first-order chi connectivity index (χ1) is 10.8. The zero-order valence-corrected chi connectivity index (χ0v) is 14.6. The summed E-state index contributed by atoms with van der Waals surface area (Å²) in [6, 6.07) is 6.84. The number of carboxylic acids is 1. The lowest BCUT2D eigenvalue weighted by molar-refractivity contribution is -0.149. The molecule has 0 heterocycles. The predicted molar refractivity (Wildman–Crippen MR) is 92.8 cm³/mol. The van der Waals surface area contributed by atoms with E-state index >= 15 is 0 Å². The van der Waals surface area contributed by atoms with Crippen LogP contribution in [0.4, 0.5) is 5.69 Å². The van der Waals surface area contributed by atoms with Crippen LogP contribution < -0.4 is 10.6 Å². The van der Waals surface area contributed by atoms with Gasteiger partial charge in [-0.15, -0.1) is 0 Å². The Bertz CT molecular complexity index is 544. The third-order valence-corrected chi connectivity index (χ3v) is 4.43. The second-order valence-corrected chi connectivity index (χ2v) is 6.27. The maximum absolute atomic E-state index is 12.0. The highest BCUT2D eigenvalue weighted by molar-refractivity contribution is 6.30. The molecule has 0 spiro atoms. The molecule has 23 heavy (non-hydrogen) atoms. The Morgan fingerprint density at radius 2 is 1.96 bits per heavy atom. The highest BCUT2D eigenvalue weighted by atomic mass is 35.5. The van der Waals surface area contributed by atoms with Crippen molar-refractivity contribution >= 4 is 29.2 Å². The number of nitrogens with one attached hydrogen (secondary N) is 2. The molecule has 1 aromatic rings. The third-order valence-electron chi connectivity index (χ3n) is 4.20. The molecule has 0 saturated heterocycles. The van der Waals surface area contributed by atoms with E-state index < -0.39 is 11.4 Å². The number of benzene rings is 1. The van der Waals surface area contributed by atoms with Gasteiger partial charge in [-0.25, -0.2) is 0 Å². The number of hydrogen-bond acceptors (Lipinski definition) is 3. The maximum atomic E-state index is 12.0. The van der Waals surface area contributed by atoms with E-state index in [-0.39, 0.29) is 18.4 Å². The molecule has 0 aliphatic carbocycles. The van der Waals surface area contributed by atoms with Crippen LogP contribution in [-0.2, 0) is 9.59 Å². The van der Waals surface area contributed by atoms with Gasteiger partial charge >= 0.3 is 5.97 Å². The smallest absolute Gasteiger partial charge is 0.310 e. The first-order valence-corrected chi connectivity index (χ1v) is 8.23. The molecule has 0 radical (unpaired) electrons. The number of carboxylic acid groups (broad SMARTS) is 1. The SMILES string of the molecule is CCC(CC)(CNC(C)CC(=O)Nc1cccc(Cl)c1)C(=O)O. The standard InChI is InChI=1S/C17H25ClN2O3/c1-4-17(5-2,16(22)23)11-19-12(3)9-15(21)20-14-8-6-7-13(18)10-14/h6-8,10,12,19H,4-5,9,11H2,1-3H3,(H,20,21)(H,22,23). The van der Waals surface area contributed by atoms with Crippen LogP contribution in [0.2, 0.25) is 5.02 Å². The van der Waals surface area contributed by atoms with Crippen LogP contribution in [0.5, 0.6) is 0 Å². The number of hydrogen-bond donors (Lipinski definition) is 3. The zero-order valence-electron chi connectivity index (χ0n) is 13.9. The molecule has 0 saturated carbocycles. The van der Waals surface area contributed by atoms with E-state index in [4.69, 9.17) is 11.6 Å². The van der Waals surface area contributed by atoms with Gasteiger partial charge in [0.25, 0.3) is 0 Å². The summed E-state index contributed by atoms with van der Waals surface area (Å²) in [6.07, 6.45) is 1.36. The van der Waals surface area contributed by atoms with E-state index in [2.05, 4.69) is 10.6 Å². The summed E-state index contributed by atoms with van der Waals surface area (Å²) in [4.78, 5) is 23.5. The number of halogens is 1. The Kier molecular flexibility index (Phi) is 7.52. The van der Waals surface area contributed by atoms with Crippen molar-refractivity contribution < 1.29 is 14.7 Å². The van der Waals surface area contributed by atoms with E-state index in [1.807, 2.05) is 20.8 Å². The number of aliphatic carboxylic acids is 1. The van der Waals surface area contributed by atoms with Crippen molar-refractivity contribution in [1.82, 2.24) is 5.32 Å². The highest BCUT2D eigenvalue weighted by Crippen LogP contribution is 2.26. The zero-order chi connectivity index (χ0) is 17.5. The minimum atomic E-state index is -0.800. The number of carbonyl (C=O) groups is 2. The van der Waals surface area contributed by atoms with Crippen molar-refractivity contribution in [3.8, 4) is 0 Å². The largest absolute Gasteiger partial charge is 0.481 e. The van der Waals surface area contributed by atoms with Crippen molar-refractivity contribution in [3.05, 3.63) is 29.3 Å². The minimum absolute atomic E-state index is 0.119. The number of anilines is 1. The molecule has 3 N–H and O–H groups in total. The fourth-order valence-electron chi connectivity index (χ4n) is 2.38. The lowest BCUT2D eigenvalue weighted by atomic mass is 9.82. The van der Waals surface area contributed by atoms with Gasteiger partial charge in [0.1, 0.15) is 0 Å². The van der Waals surface area contributed by atoms with Gasteiger partial charge in [0.05, 0.1) is 5.41 Å². The Balaban J connectivity index is 2.51. The average Bonchev–Trinajstić information content (AvgIpc) is 2.48. The molecule has 6 heteroatoms. The quantitative estimate of drug-likeness (QED) is 0.642. The second kappa shape index (κ2) is 8.89. The molecule has 0 aliphatic rings. The second-order valence-electron chi connectivity index (χ2n) is 5.84. The molecule has 1 aromatic carbocycles. The molecular weight excluding hydrogens is 316 g/mol. The van der Waals surface area contributed by atoms with E-state index in [0.29, 0.717) is 30.1 Å². The van der Waals surface area contributed by atoms with Gasteiger partial charge in [-0.2, -0.15) is 0 Å². The summed E-state index contributed by atoms with van der Waals surface area (Å²) in [5.41, 5.74) is -0.130. The predicted octanol–water partition coefficient (Wildman–Crippen LogP) is 3.54. The van der Waals surface area contributed by atoms with Gasteiger partial charge in [0.15, 0.2) is 0 Å². The van der Waals surface area contributed by atoms with Crippen molar-refractivity contribution in [2.75, 3.05) is 11.9 Å². The highest BCUT2D eigenvalue weighted by Gasteiger charge is 2.34. The van der Waals surface area contributed by atoms with Crippen LogP contribution in [0.25, 0.3) is 0 Å². The Morgan fingerprint density at radius 1 is 1.30 bits per heavy atom. The summed E-state index contributed by atoms with van der Waals surface area (Å²) in [5, 5.41) is 15.9. The summed E-state index contributed by atoms with van der Waals surface area (Å²) >= 11 is 5.88. The molecule has 1 rings (SSSR count). The monoisotopic (exact) mass is 340 g/mol. The van der Waals surface area contributed by atoms with Gasteiger partial charge in [-0.1, -0.05) is 31.5 Å². The lowest BCUT2D eigenvalue weighted by Crippen LogP contribution is -2.44. The summed E-state index contributed by atoms with van der Waals surface area (Å²) < 4.78 is 0. The van der Waals surface area contributed by atoms with Crippen LogP contribution >= 0.6 is 11.6 Å². The van der Waals surface area contributed by atoms with Crippen LogP contribution in [-0.4, -0.2) is 29.6 Å². The summed E-state index contributed by atoms with van der Waals surface area (Å²) in [6.45, 7) is 5.96. The van der Waals surface area contributed by atoms with Crippen LogP contribution in [0.3, 0.4) is 0 Å². The number of amides is 1. The van der Waals surface area contributed by atoms with Crippen LogP contribution in [0.15, 0.2) is 24.3 Å². The van der Waals surface area contributed by atoms with Crippen LogP contribution in [0, 0.1) is 5.41 Å². The third kappa shape index (κ3) is 5.84. The Morgan fingerprint density at radius 3 is 2.48 bits per heavy atom. The molecule has 0 aliphatic heterocycles. The molecule has 0 bridgehead atoms. The van der Waals surface area contributed by atoms with Crippen molar-refractivity contribution in [3.63, 3.8) is 0 Å². The molecule has 1 unspecified atom stereocenters. The van der Waals surface area contributed by atoms with Crippen molar-refractivity contribution in [1.29, 1.82) is 0 Å². The molecule has 128 valence electrons. The van der Waals surface area contributed by atoms with Gasteiger partial charge < -0.3 is 15.7 Å². The van der Waals surface area contributed by atoms with Crippen molar-refractivity contribution in [2.24, 2.45) is 5.41 Å². The molecular formula is C17H25ClN2O3. The molecule has 5 nitrogen and oxygen atoms in total. The Hall–Kier alpha value is -1.59. The van der Waals surface area contributed by atoms with E-state index in [0.717, 1.165) is 0 Å². The van der Waals surface area contributed by atoms with Crippen LogP contribution in [0.1, 0.15) is 40.0 Å². The van der Waals surface area contributed by atoms with E-state index in [1.54, 1.807) is 24.3 Å². The Labute approximate surface area is 142 Å². The summed E-state index contributed by atoms with van der Waals surface area (Å²) in [7, 11) is 0. The number of rotatable bonds is 9. The van der Waals surface area contributed by atoms with Gasteiger partial charge in [0, 0.05) is 29.7 Å². The molecule has 0 fully saturated rings. The van der Waals surface area contributed by atoms with Crippen molar-refractivity contribution in [2.45, 2.75) is 46.1 Å². The topological polar surface area (TPSA) is 78.4 Å². The minimum Gasteiger partial charge on any atom is -0.481 e. The van der Waals surface area contributed by atoms with Gasteiger partial charge in [-0.05, 0) is 38.0 Å². The molecule has 0 aromatic heterocycles. The fraction of sp³-hybridized carbons (Fsp3) is 0.529. The first kappa shape index (κ1) is 19.5. The van der Waals surface area contributed by atoms with Gasteiger partial charge in [-0.3, -0.25) is 9.59 Å². The first-order valence-electron chi connectivity index (χ1n) is 7.85. The lowest BCUT2D eigenvalue weighted by Gasteiger charge is -2.28. The van der Waals surface area contributed by atoms with E-state index in [1.165, 1.54) is 0 Å². The van der Waals surface area contributed by atoms with Gasteiger partial charge in [0.2, 0.25) is 5.91 Å². The summed E-state index contributed by atoms with van der Waals surface area (Å²) in [5.74, 6) is -0.938.